The number of aliphatic hydroxyl groups excluding tert-OH is 1. The van der Waals surface area contributed by atoms with Gasteiger partial charge in [0.15, 0.2) is 0 Å². The first kappa shape index (κ1) is 16.5. The zero-order chi connectivity index (χ0) is 14.4. The van der Waals surface area contributed by atoms with E-state index in [1.54, 1.807) is 12.1 Å². The predicted octanol–water partition coefficient (Wildman–Crippen LogP) is 2.84. The summed E-state index contributed by atoms with van der Waals surface area (Å²) in [7, 11) is 1.52. The van der Waals surface area contributed by atoms with Crippen molar-refractivity contribution in [3.05, 3.63) is 26.3 Å². The van der Waals surface area contributed by atoms with Gasteiger partial charge in [-0.1, -0.05) is 18.5 Å². The van der Waals surface area contributed by atoms with Crippen LogP contribution in [0.25, 0.3) is 0 Å². The fraction of sp³-hybridized carbons (Fsp3) is 0.462. The normalized spacial score (nSPS) is 12.1. The Labute approximate surface area is 131 Å². The fourth-order valence-corrected chi connectivity index (χ4v) is 2.27. The van der Waals surface area contributed by atoms with Crippen molar-refractivity contribution in [2.75, 3.05) is 13.7 Å². The molecule has 1 unspecified atom stereocenters. The summed E-state index contributed by atoms with van der Waals surface area (Å²) in [5.41, 5.74) is 0.407. The van der Waals surface area contributed by atoms with E-state index in [1.807, 2.05) is 6.92 Å². The van der Waals surface area contributed by atoms with Crippen molar-refractivity contribution in [1.29, 1.82) is 0 Å². The van der Waals surface area contributed by atoms with Crippen molar-refractivity contribution in [3.63, 3.8) is 0 Å². The van der Waals surface area contributed by atoms with E-state index in [9.17, 15) is 4.79 Å². The highest BCUT2D eigenvalue weighted by atomic mass is 127. The van der Waals surface area contributed by atoms with Gasteiger partial charge in [-0.2, -0.15) is 0 Å². The van der Waals surface area contributed by atoms with Crippen molar-refractivity contribution in [1.82, 2.24) is 5.32 Å². The summed E-state index contributed by atoms with van der Waals surface area (Å²) in [5.74, 6) is 0.251. The summed E-state index contributed by atoms with van der Waals surface area (Å²) < 4.78 is 6.03. The van der Waals surface area contributed by atoms with Gasteiger partial charge in [0.1, 0.15) is 5.75 Å². The molecule has 1 atom stereocenters. The number of carbonyl (C=O) groups is 1. The molecule has 0 saturated carbocycles. The van der Waals surface area contributed by atoms with Crippen molar-refractivity contribution >= 4 is 40.1 Å². The summed E-state index contributed by atoms with van der Waals surface area (Å²) in [5, 5.41) is 12.3. The standard InChI is InChI=1S/C13H17ClINO3/c1-3-8(4-5-17)16-13(18)9-6-10(14)11(15)7-12(9)19-2/h6-8,17H,3-5H2,1-2H3,(H,16,18). The van der Waals surface area contributed by atoms with E-state index in [2.05, 4.69) is 27.9 Å². The van der Waals surface area contributed by atoms with Crippen molar-refractivity contribution in [2.24, 2.45) is 0 Å². The van der Waals surface area contributed by atoms with Crippen LogP contribution in [0.5, 0.6) is 5.75 Å². The average molecular weight is 398 g/mol. The summed E-state index contributed by atoms with van der Waals surface area (Å²) in [4.78, 5) is 12.2. The molecule has 1 rings (SSSR count). The van der Waals surface area contributed by atoms with Crippen LogP contribution in [0.3, 0.4) is 0 Å². The molecule has 2 N–H and O–H groups in total. The Morgan fingerprint density at radius 3 is 2.79 bits per heavy atom. The number of nitrogens with one attached hydrogen (secondary N) is 1. The van der Waals surface area contributed by atoms with Gasteiger partial charge < -0.3 is 15.2 Å². The highest BCUT2D eigenvalue weighted by Gasteiger charge is 2.17. The quantitative estimate of drug-likeness (QED) is 0.726. The maximum Gasteiger partial charge on any atom is 0.255 e. The van der Waals surface area contributed by atoms with E-state index in [0.717, 1.165) is 9.99 Å². The van der Waals surface area contributed by atoms with Crippen LogP contribution < -0.4 is 10.1 Å². The molecule has 106 valence electrons. The van der Waals surface area contributed by atoms with E-state index >= 15 is 0 Å². The molecule has 0 radical (unpaired) electrons. The number of benzene rings is 1. The predicted molar refractivity (Wildman–Crippen MR) is 84.0 cm³/mol. The molecule has 0 spiro atoms. The van der Waals surface area contributed by atoms with Crippen molar-refractivity contribution in [3.8, 4) is 5.75 Å². The van der Waals surface area contributed by atoms with Gasteiger partial charge in [0.2, 0.25) is 0 Å². The molecule has 6 heteroatoms. The minimum Gasteiger partial charge on any atom is -0.496 e. The average Bonchev–Trinajstić information content (AvgIpc) is 2.40. The van der Waals surface area contributed by atoms with Crippen LogP contribution in [-0.2, 0) is 0 Å². The van der Waals surface area contributed by atoms with Crippen molar-refractivity contribution in [2.45, 2.75) is 25.8 Å². The molecule has 0 aromatic heterocycles. The van der Waals surface area contributed by atoms with Gasteiger partial charge in [-0.05, 0) is 47.6 Å². The number of aliphatic hydroxyl groups is 1. The van der Waals surface area contributed by atoms with Gasteiger partial charge in [-0.25, -0.2) is 0 Å². The highest BCUT2D eigenvalue weighted by Crippen LogP contribution is 2.28. The lowest BCUT2D eigenvalue weighted by atomic mass is 10.1. The second-order valence-corrected chi connectivity index (χ2v) is 5.63. The summed E-state index contributed by atoms with van der Waals surface area (Å²) >= 11 is 8.12. The lowest BCUT2D eigenvalue weighted by Crippen LogP contribution is -2.35. The molecule has 0 heterocycles. The minimum atomic E-state index is -0.240. The zero-order valence-electron chi connectivity index (χ0n) is 10.9. The maximum absolute atomic E-state index is 12.2. The van der Waals surface area contributed by atoms with Crippen LogP contribution in [-0.4, -0.2) is 30.8 Å². The number of hydrogen-bond acceptors (Lipinski definition) is 3. The number of carbonyl (C=O) groups excluding carboxylic acids is 1. The lowest BCUT2D eigenvalue weighted by Gasteiger charge is -2.17. The summed E-state index contributed by atoms with van der Waals surface area (Å²) in [6.45, 7) is 2.00. The SMILES string of the molecule is CCC(CCO)NC(=O)c1cc(Cl)c(I)cc1OC. The molecular weight excluding hydrogens is 381 g/mol. The van der Waals surface area contributed by atoms with Gasteiger partial charge >= 0.3 is 0 Å². The lowest BCUT2D eigenvalue weighted by molar-refractivity contribution is 0.0926. The van der Waals surface area contributed by atoms with Gasteiger partial charge in [0.05, 0.1) is 17.7 Å². The second-order valence-electron chi connectivity index (χ2n) is 4.06. The third kappa shape index (κ3) is 4.50. The van der Waals surface area contributed by atoms with Gasteiger partial charge in [-0.3, -0.25) is 4.79 Å². The third-order valence-electron chi connectivity index (χ3n) is 2.79. The molecule has 0 fully saturated rings. The van der Waals surface area contributed by atoms with E-state index in [1.165, 1.54) is 7.11 Å². The molecule has 19 heavy (non-hydrogen) atoms. The Hall–Kier alpha value is -0.530. The summed E-state index contributed by atoms with van der Waals surface area (Å²) in [6.07, 6.45) is 1.29. The van der Waals surface area contributed by atoms with Crippen LogP contribution >= 0.6 is 34.2 Å². The van der Waals surface area contributed by atoms with Crippen molar-refractivity contribution < 1.29 is 14.6 Å². The largest absolute Gasteiger partial charge is 0.496 e. The topological polar surface area (TPSA) is 58.6 Å². The number of hydrogen-bond donors (Lipinski definition) is 2. The smallest absolute Gasteiger partial charge is 0.255 e. The second kappa shape index (κ2) is 7.91. The Morgan fingerprint density at radius 1 is 1.58 bits per heavy atom. The molecule has 0 bridgehead atoms. The van der Waals surface area contributed by atoms with Crippen LogP contribution in [0.15, 0.2) is 12.1 Å². The molecule has 1 amide bonds. The van der Waals surface area contributed by atoms with E-state index < -0.39 is 0 Å². The van der Waals surface area contributed by atoms with E-state index in [0.29, 0.717) is 22.8 Å². The monoisotopic (exact) mass is 397 g/mol. The summed E-state index contributed by atoms with van der Waals surface area (Å²) in [6, 6.07) is 3.27. The first-order chi connectivity index (χ1) is 9.03. The maximum atomic E-state index is 12.2. The molecule has 0 saturated heterocycles. The Kier molecular flexibility index (Phi) is 6.88. The number of halogens is 2. The van der Waals surface area contributed by atoms with Gasteiger partial charge in [0.25, 0.3) is 5.91 Å². The number of rotatable bonds is 6. The Morgan fingerprint density at radius 2 is 2.26 bits per heavy atom. The third-order valence-corrected chi connectivity index (χ3v) is 4.32. The van der Waals surface area contributed by atoms with Crippen LogP contribution in [0, 0.1) is 3.57 Å². The van der Waals surface area contributed by atoms with E-state index in [4.69, 9.17) is 21.4 Å². The number of methoxy groups -OCH3 is 1. The zero-order valence-corrected chi connectivity index (χ0v) is 13.8. The molecule has 1 aromatic rings. The molecule has 0 aliphatic heterocycles. The molecule has 0 aliphatic carbocycles. The van der Waals surface area contributed by atoms with Gasteiger partial charge in [-0.15, -0.1) is 0 Å². The molecule has 0 aliphatic rings. The first-order valence-corrected chi connectivity index (χ1v) is 7.43. The molecule has 1 aromatic carbocycles. The van der Waals surface area contributed by atoms with Crippen LogP contribution in [0.2, 0.25) is 5.02 Å². The molecular formula is C13H17ClINO3. The Balaban J connectivity index is 2.95. The van der Waals surface area contributed by atoms with Crippen LogP contribution in [0.1, 0.15) is 30.1 Å². The number of amides is 1. The first-order valence-electron chi connectivity index (χ1n) is 5.98. The fourth-order valence-electron chi connectivity index (χ4n) is 1.67. The van der Waals surface area contributed by atoms with E-state index in [-0.39, 0.29) is 18.6 Å². The van der Waals surface area contributed by atoms with Gasteiger partial charge in [0, 0.05) is 16.2 Å². The Bertz CT molecular complexity index is 454. The number of ether oxygens (including phenoxy) is 1. The van der Waals surface area contributed by atoms with Crippen LogP contribution in [0.4, 0.5) is 0 Å². The molecule has 4 nitrogen and oxygen atoms in total. The highest BCUT2D eigenvalue weighted by molar-refractivity contribution is 14.1. The minimum absolute atomic E-state index is 0.0450.